The Labute approximate surface area is 104 Å². The third-order valence-electron chi connectivity index (χ3n) is 2.48. The second-order valence-electron chi connectivity index (χ2n) is 3.96. The minimum atomic E-state index is -0.331. The molecule has 1 rings (SSSR count). The van der Waals surface area contributed by atoms with Crippen LogP contribution >= 0.6 is 15.9 Å². The fraction of sp³-hybridized carbons (Fsp3) is 0.900. The molecule has 5 nitrogen and oxygen atoms in total. The molecular weight excluding hydrogens is 278 g/mol. The fourth-order valence-electron chi connectivity index (χ4n) is 1.82. The second kappa shape index (κ2) is 6.54. The summed E-state index contributed by atoms with van der Waals surface area (Å²) in [5, 5.41) is 9.06. The predicted molar refractivity (Wildman–Crippen MR) is 62.6 cm³/mol. The van der Waals surface area contributed by atoms with E-state index in [-0.39, 0.29) is 29.6 Å². The number of rotatable bonds is 4. The van der Waals surface area contributed by atoms with Crippen molar-refractivity contribution in [1.82, 2.24) is 4.90 Å². The van der Waals surface area contributed by atoms with Gasteiger partial charge >= 0.3 is 5.97 Å². The molecule has 0 radical (unpaired) electrons. The van der Waals surface area contributed by atoms with Crippen LogP contribution in [0.15, 0.2) is 0 Å². The lowest BCUT2D eigenvalue weighted by Gasteiger charge is -2.36. The van der Waals surface area contributed by atoms with Gasteiger partial charge in [0.25, 0.3) is 0 Å². The molecule has 16 heavy (non-hydrogen) atoms. The molecule has 3 unspecified atom stereocenters. The first-order valence-electron chi connectivity index (χ1n) is 5.27. The zero-order chi connectivity index (χ0) is 12.1. The van der Waals surface area contributed by atoms with E-state index in [9.17, 15) is 4.79 Å². The van der Waals surface area contributed by atoms with E-state index in [4.69, 9.17) is 9.84 Å². The molecule has 0 aromatic carbocycles. The van der Waals surface area contributed by atoms with Crippen molar-refractivity contribution in [3.8, 4) is 0 Å². The average Bonchev–Trinajstić information content (AvgIpc) is 2.26. The van der Waals surface area contributed by atoms with Gasteiger partial charge in [-0.2, -0.15) is 0 Å². The van der Waals surface area contributed by atoms with Gasteiger partial charge in [0.05, 0.1) is 25.9 Å². The smallest absolute Gasteiger partial charge is 0.320 e. The predicted octanol–water partition coefficient (Wildman–Crippen LogP) is 0.00450. The summed E-state index contributed by atoms with van der Waals surface area (Å²) in [7, 11) is 1.37. The number of ether oxygens (including phenoxy) is 2. The van der Waals surface area contributed by atoms with Crippen molar-refractivity contribution in [3.63, 3.8) is 0 Å². The summed E-state index contributed by atoms with van der Waals surface area (Å²) in [5.74, 6) is -0.278. The summed E-state index contributed by atoms with van der Waals surface area (Å²) in [6.45, 7) is 3.93. The first-order chi connectivity index (χ1) is 7.56. The number of morpholine rings is 1. The Morgan fingerprint density at radius 3 is 2.94 bits per heavy atom. The zero-order valence-electron chi connectivity index (χ0n) is 9.56. The van der Waals surface area contributed by atoms with Crippen molar-refractivity contribution in [2.75, 3.05) is 33.4 Å². The lowest BCUT2D eigenvalue weighted by Crippen LogP contribution is -2.50. The van der Waals surface area contributed by atoms with Crippen LogP contribution in [0.25, 0.3) is 0 Å². The summed E-state index contributed by atoms with van der Waals surface area (Å²) < 4.78 is 10.2. The molecule has 1 aliphatic heterocycles. The fourth-order valence-corrected chi connectivity index (χ4v) is 2.42. The largest absolute Gasteiger partial charge is 0.468 e. The van der Waals surface area contributed by atoms with E-state index in [0.29, 0.717) is 13.1 Å². The minimum absolute atomic E-state index is 0.00597. The highest BCUT2D eigenvalue weighted by atomic mass is 79.9. The van der Waals surface area contributed by atoms with Gasteiger partial charge < -0.3 is 14.6 Å². The molecule has 94 valence electrons. The van der Waals surface area contributed by atoms with Crippen molar-refractivity contribution in [2.45, 2.75) is 24.0 Å². The number of hydrogen-bond acceptors (Lipinski definition) is 5. The van der Waals surface area contributed by atoms with Gasteiger partial charge in [-0.1, -0.05) is 15.9 Å². The SMILES string of the molecule is COC(=O)C(Br)CN1CC(C)OC(CO)C1. The Morgan fingerprint density at radius 2 is 2.38 bits per heavy atom. The number of esters is 1. The number of aliphatic hydroxyl groups excluding tert-OH is 1. The maximum absolute atomic E-state index is 11.2. The van der Waals surface area contributed by atoms with Crippen LogP contribution in [-0.4, -0.2) is 66.4 Å². The molecule has 0 aliphatic carbocycles. The number of methoxy groups -OCH3 is 1. The number of aliphatic hydroxyl groups is 1. The van der Waals surface area contributed by atoms with Gasteiger partial charge in [0.15, 0.2) is 0 Å². The lowest BCUT2D eigenvalue weighted by atomic mass is 10.2. The van der Waals surface area contributed by atoms with E-state index in [2.05, 4.69) is 25.6 Å². The molecule has 1 saturated heterocycles. The van der Waals surface area contributed by atoms with Gasteiger partial charge in [0, 0.05) is 19.6 Å². The van der Waals surface area contributed by atoms with Crippen LogP contribution in [0, 0.1) is 0 Å². The number of halogens is 1. The van der Waals surface area contributed by atoms with E-state index in [1.807, 2.05) is 6.92 Å². The standard InChI is InChI=1S/C10H18BrNO4/c1-7-3-12(4-8(6-13)16-7)5-9(11)10(14)15-2/h7-9,13H,3-6H2,1-2H3. The number of nitrogens with zero attached hydrogens (tertiary/aromatic N) is 1. The summed E-state index contributed by atoms with van der Waals surface area (Å²) in [5.41, 5.74) is 0. The Hall–Kier alpha value is -0.170. The molecule has 0 aromatic heterocycles. The highest BCUT2D eigenvalue weighted by molar-refractivity contribution is 9.10. The van der Waals surface area contributed by atoms with Gasteiger partial charge in [-0.05, 0) is 6.92 Å². The molecule has 0 spiro atoms. The molecule has 1 heterocycles. The highest BCUT2D eigenvalue weighted by Crippen LogP contribution is 2.13. The average molecular weight is 296 g/mol. The van der Waals surface area contributed by atoms with Crippen LogP contribution < -0.4 is 0 Å². The first kappa shape index (κ1) is 13.9. The van der Waals surface area contributed by atoms with E-state index in [0.717, 1.165) is 6.54 Å². The number of alkyl halides is 1. The second-order valence-corrected chi connectivity index (χ2v) is 5.07. The molecule has 1 aliphatic rings. The molecule has 3 atom stereocenters. The van der Waals surface area contributed by atoms with Crippen molar-refractivity contribution < 1.29 is 19.4 Å². The molecule has 0 amide bonds. The third kappa shape index (κ3) is 4.01. The molecule has 1 fully saturated rings. The third-order valence-corrected chi connectivity index (χ3v) is 3.14. The molecular formula is C10H18BrNO4. The van der Waals surface area contributed by atoms with Gasteiger partial charge in [-0.3, -0.25) is 9.69 Å². The first-order valence-corrected chi connectivity index (χ1v) is 6.19. The topological polar surface area (TPSA) is 59.0 Å². The van der Waals surface area contributed by atoms with E-state index in [1.54, 1.807) is 0 Å². The normalized spacial score (nSPS) is 28.8. The van der Waals surface area contributed by atoms with Crippen molar-refractivity contribution >= 4 is 21.9 Å². The molecule has 0 saturated carbocycles. The Bertz CT molecular complexity index is 239. The van der Waals surface area contributed by atoms with Crippen LogP contribution in [0.5, 0.6) is 0 Å². The van der Waals surface area contributed by atoms with Crippen LogP contribution in [0.3, 0.4) is 0 Å². The van der Waals surface area contributed by atoms with Gasteiger partial charge in [0.2, 0.25) is 0 Å². The van der Waals surface area contributed by atoms with Crippen molar-refractivity contribution in [1.29, 1.82) is 0 Å². The van der Waals surface area contributed by atoms with Gasteiger partial charge in [0.1, 0.15) is 4.83 Å². The van der Waals surface area contributed by atoms with Crippen LogP contribution in [0.1, 0.15) is 6.92 Å². The van der Waals surface area contributed by atoms with Crippen LogP contribution in [0.4, 0.5) is 0 Å². The number of hydrogen-bond donors (Lipinski definition) is 1. The number of carbonyl (C=O) groups is 1. The van der Waals surface area contributed by atoms with E-state index in [1.165, 1.54) is 7.11 Å². The summed E-state index contributed by atoms with van der Waals surface area (Å²) in [4.78, 5) is 13.0. The summed E-state index contributed by atoms with van der Waals surface area (Å²) in [6, 6.07) is 0. The monoisotopic (exact) mass is 295 g/mol. The van der Waals surface area contributed by atoms with Gasteiger partial charge in [-0.25, -0.2) is 0 Å². The highest BCUT2D eigenvalue weighted by Gasteiger charge is 2.27. The van der Waals surface area contributed by atoms with E-state index < -0.39 is 0 Å². The molecule has 1 N–H and O–H groups in total. The van der Waals surface area contributed by atoms with E-state index >= 15 is 0 Å². The lowest BCUT2D eigenvalue weighted by molar-refractivity contribution is -0.141. The molecule has 0 bridgehead atoms. The Morgan fingerprint density at radius 1 is 1.69 bits per heavy atom. The van der Waals surface area contributed by atoms with Crippen LogP contribution in [-0.2, 0) is 14.3 Å². The van der Waals surface area contributed by atoms with Crippen molar-refractivity contribution in [2.24, 2.45) is 0 Å². The molecule has 6 heteroatoms. The minimum Gasteiger partial charge on any atom is -0.468 e. The maximum Gasteiger partial charge on any atom is 0.320 e. The maximum atomic E-state index is 11.2. The Kier molecular flexibility index (Phi) is 5.68. The van der Waals surface area contributed by atoms with Gasteiger partial charge in [-0.15, -0.1) is 0 Å². The Balaban J connectivity index is 2.44. The summed E-state index contributed by atoms with van der Waals surface area (Å²) >= 11 is 3.28. The van der Waals surface area contributed by atoms with Crippen molar-refractivity contribution in [3.05, 3.63) is 0 Å². The summed E-state index contributed by atoms with van der Waals surface area (Å²) in [6.07, 6.45) is -0.0932. The quantitative estimate of drug-likeness (QED) is 0.585. The zero-order valence-corrected chi connectivity index (χ0v) is 11.1. The number of carbonyl (C=O) groups excluding carboxylic acids is 1. The molecule has 0 aromatic rings. The van der Waals surface area contributed by atoms with Crippen LogP contribution in [0.2, 0.25) is 0 Å².